The lowest BCUT2D eigenvalue weighted by molar-refractivity contribution is 0.252. The van der Waals surface area contributed by atoms with E-state index in [-0.39, 0.29) is 0 Å². The quantitative estimate of drug-likeness (QED) is 0.332. The van der Waals surface area contributed by atoms with Crippen LogP contribution in [-0.2, 0) is 12.8 Å². The first-order chi connectivity index (χ1) is 14.8. The molecule has 1 aromatic heterocycles. The molecule has 0 radical (unpaired) electrons. The Morgan fingerprint density at radius 3 is 1.93 bits per heavy atom. The Hall–Kier alpha value is -1.70. The second-order valence-electron chi connectivity index (χ2n) is 9.49. The average molecular weight is 407 g/mol. The predicted molar refractivity (Wildman–Crippen MR) is 129 cm³/mol. The summed E-state index contributed by atoms with van der Waals surface area (Å²) in [7, 11) is 0. The Labute approximate surface area is 184 Å². The lowest BCUT2D eigenvalue weighted by atomic mass is 9.78. The molecule has 1 saturated carbocycles. The van der Waals surface area contributed by atoms with Crippen LogP contribution in [0.3, 0.4) is 0 Å². The van der Waals surface area contributed by atoms with Crippen molar-refractivity contribution in [2.45, 2.75) is 104 Å². The standard InChI is InChI=1S/C28H42N2/c1-3-5-6-7-8-10-24-17-19-27(20-18-24)28-29-21-26(22-30-28)16-15-25-13-11-23(9-4-2)12-14-25/h17-23,25H,3-16H2,1-2H3/t23-,25-. The molecule has 0 aliphatic heterocycles. The summed E-state index contributed by atoms with van der Waals surface area (Å²) in [5, 5.41) is 0. The molecule has 0 saturated heterocycles. The van der Waals surface area contributed by atoms with Gasteiger partial charge >= 0.3 is 0 Å². The normalized spacial score (nSPS) is 19.1. The minimum absolute atomic E-state index is 0.855. The molecule has 0 amide bonds. The van der Waals surface area contributed by atoms with Gasteiger partial charge in [0.25, 0.3) is 0 Å². The molecule has 0 N–H and O–H groups in total. The fourth-order valence-corrected chi connectivity index (χ4v) is 4.97. The Morgan fingerprint density at radius 2 is 1.30 bits per heavy atom. The summed E-state index contributed by atoms with van der Waals surface area (Å²) in [4.78, 5) is 9.33. The van der Waals surface area contributed by atoms with Crippen molar-refractivity contribution < 1.29 is 0 Å². The maximum atomic E-state index is 4.66. The van der Waals surface area contributed by atoms with Crippen LogP contribution in [0, 0.1) is 11.8 Å². The molecule has 1 fully saturated rings. The zero-order valence-corrected chi connectivity index (χ0v) is 19.4. The predicted octanol–water partition coefficient (Wildman–Crippen LogP) is 8.20. The SMILES string of the molecule is CCCCCCCc1ccc(-c2ncc(CC[C@H]3CC[C@H](CCC)CC3)cn2)cc1. The fraction of sp³-hybridized carbons (Fsp3) is 0.643. The molecule has 1 heterocycles. The molecule has 1 aliphatic rings. The van der Waals surface area contributed by atoms with Gasteiger partial charge in [-0.3, -0.25) is 0 Å². The minimum atomic E-state index is 0.855. The summed E-state index contributed by atoms with van der Waals surface area (Å²) in [5.74, 6) is 2.77. The molecule has 2 nitrogen and oxygen atoms in total. The largest absolute Gasteiger partial charge is 0.236 e. The maximum absolute atomic E-state index is 4.66. The van der Waals surface area contributed by atoms with E-state index in [0.29, 0.717) is 0 Å². The van der Waals surface area contributed by atoms with Crippen LogP contribution in [0.25, 0.3) is 11.4 Å². The Bertz CT molecular complexity index is 696. The number of unbranched alkanes of at least 4 members (excludes halogenated alkanes) is 4. The molecule has 0 atom stereocenters. The molecular formula is C28H42N2. The van der Waals surface area contributed by atoms with Crippen molar-refractivity contribution >= 4 is 0 Å². The Morgan fingerprint density at radius 1 is 0.667 bits per heavy atom. The first-order valence-electron chi connectivity index (χ1n) is 12.7. The first-order valence-corrected chi connectivity index (χ1v) is 12.7. The summed E-state index contributed by atoms with van der Waals surface area (Å²) in [5.41, 5.74) is 3.85. The van der Waals surface area contributed by atoms with Crippen molar-refractivity contribution in [2.24, 2.45) is 11.8 Å². The maximum Gasteiger partial charge on any atom is 0.159 e. The number of aromatic nitrogens is 2. The molecule has 0 spiro atoms. The van der Waals surface area contributed by atoms with E-state index in [9.17, 15) is 0 Å². The van der Waals surface area contributed by atoms with E-state index in [1.165, 1.54) is 94.6 Å². The van der Waals surface area contributed by atoms with E-state index in [2.05, 4.69) is 48.1 Å². The molecule has 1 aromatic carbocycles. The van der Waals surface area contributed by atoms with Crippen LogP contribution in [0.2, 0.25) is 0 Å². The summed E-state index contributed by atoms with van der Waals surface area (Å²) >= 11 is 0. The van der Waals surface area contributed by atoms with Crippen LogP contribution in [0.4, 0.5) is 0 Å². The van der Waals surface area contributed by atoms with Crippen LogP contribution in [-0.4, -0.2) is 9.97 Å². The smallest absolute Gasteiger partial charge is 0.159 e. The van der Waals surface area contributed by atoms with Crippen LogP contribution >= 0.6 is 0 Å². The van der Waals surface area contributed by atoms with E-state index in [1.807, 2.05) is 12.4 Å². The van der Waals surface area contributed by atoms with Crippen molar-refractivity contribution in [1.82, 2.24) is 9.97 Å². The van der Waals surface area contributed by atoms with Gasteiger partial charge in [-0.2, -0.15) is 0 Å². The third kappa shape index (κ3) is 7.52. The van der Waals surface area contributed by atoms with Crippen molar-refractivity contribution in [3.05, 3.63) is 47.8 Å². The number of aryl methyl sites for hydroxylation is 2. The highest BCUT2D eigenvalue weighted by Crippen LogP contribution is 2.33. The zero-order valence-electron chi connectivity index (χ0n) is 19.4. The van der Waals surface area contributed by atoms with Crippen LogP contribution in [0.1, 0.15) is 102 Å². The number of hydrogen-bond acceptors (Lipinski definition) is 2. The van der Waals surface area contributed by atoms with Crippen molar-refractivity contribution in [3.8, 4) is 11.4 Å². The zero-order chi connectivity index (χ0) is 21.0. The van der Waals surface area contributed by atoms with Crippen molar-refractivity contribution in [3.63, 3.8) is 0 Å². The van der Waals surface area contributed by atoms with Crippen LogP contribution < -0.4 is 0 Å². The second-order valence-corrected chi connectivity index (χ2v) is 9.49. The molecule has 0 unspecified atom stereocenters. The first kappa shape index (κ1) is 23.0. The van der Waals surface area contributed by atoms with E-state index in [4.69, 9.17) is 0 Å². The topological polar surface area (TPSA) is 25.8 Å². The highest BCUT2D eigenvalue weighted by atomic mass is 14.9. The highest BCUT2D eigenvalue weighted by molar-refractivity contribution is 5.55. The Balaban J connectivity index is 1.42. The number of rotatable bonds is 12. The monoisotopic (exact) mass is 406 g/mol. The summed E-state index contributed by atoms with van der Waals surface area (Å²) in [6, 6.07) is 8.87. The van der Waals surface area contributed by atoms with Gasteiger partial charge in [0.05, 0.1) is 0 Å². The molecular weight excluding hydrogens is 364 g/mol. The van der Waals surface area contributed by atoms with Crippen molar-refractivity contribution in [1.29, 1.82) is 0 Å². The van der Waals surface area contributed by atoms with E-state index in [1.54, 1.807) is 0 Å². The average Bonchev–Trinajstić information content (AvgIpc) is 2.79. The molecule has 3 rings (SSSR count). The van der Waals surface area contributed by atoms with Gasteiger partial charge < -0.3 is 0 Å². The summed E-state index contributed by atoms with van der Waals surface area (Å²) in [6.07, 6.45) is 22.9. The van der Waals surface area contributed by atoms with E-state index in [0.717, 1.165) is 29.6 Å². The lowest BCUT2D eigenvalue weighted by Gasteiger charge is -2.28. The summed E-state index contributed by atoms with van der Waals surface area (Å²) in [6.45, 7) is 4.59. The highest BCUT2D eigenvalue weighted by Gasteiger charge is 2.20. The van der Waals surface area contributed by atoms with Gasteiger partial charge in [0.2, 0.25) is 0 Å². The van der Waals surface area contributed by atoms with Gasteiger partial charge in [0.15, 0.2) is 5.82 Å². The van der Waals surface area contributed by atoms with E-state index < -0.39 is 0 Å². The third-order valence-electron chi connectivity index (χ3n) is 6.99. The molecule has 1 aliphatic carbocycles. The molecule has 2 aromatic rings. The second kappa shape index (κ2) is 12.9. The Kier molecular flexibility index (Phi) is 9.86. The molecule has 2 heteroatoms. The molecule has 0 bridgehead atoms. The van der Waals surface area contributed by atoms with Gasteiger partial charge in [0, 0.05) is 18.0 Å². The third-order valence-corrected chi connectivity index (χ3v) is 6.99. The fourth-order valence-electron chi connectivity index (χ4n) is 4.97. The molecule has 30 heavy (non-hydrogen) atoms. The van der Waals surface area contributed by atoms with E-state index >= 15 is 0 Å². The summed E-state index contributed by atoms with van der Waals surface area (Å²) < 4.78 is 0. The van der Waals surface area contributed by atoms with Crippen LogP contribution in [0.5, 0.6) is 0 Å². The van der Waals surface area contributed by atoms with Gasteiger partial charge in [-0.1, -0.05) is 102 Å². The van der Waals surface area contributed by atoms with Gasteiger partial charge in [-0.15, -0.1) is 0 Å². The number of nitrogens with zero attached hydrogens (tertiary/aromatic N) is 2. The number of hydrogen-bond donors (Lipinski definition) is 0. The van der Waals surface area contributed by atoms with Crippen LogP contribution in [0.15, 0.2) is 36.7 Å². The van der Waals surface area contributed by atoms with Gasteiger partial charge in [-0.25, -0.2) is 9.97 Å². The molecule has 164 valence electrons. The minimum Gasteiger partial charge on any atom is -0.236 e. The van der Waals surface area contributed by atoms with Crippen molar-refractivity contribution in [2.75, 3.05) is 0 Å². The van der Waals surface area contributed by atoms with Gasteiger partial charge in [-0.05, 0) is 48.6 Å². The lowest BCUT2D eigenvalue weighted by Crippen LogP contribution is -2.15. The number of benzene rings is 1. The van der Waals surface area contributed by atoms with Gasteiger partial charge in [0.1, 0.15) is 0 Å².